The summed E-state index contributed by atoms with van der Waals surface area (Å²) in [7, 11) is 0. The summed E-state index contributed by atoms with van der Waals surface area (Å²) in [5.41, 5.74) is -1.91. The number of amides is 1. The maximum Gasteiger partial charge on any atom is 0.410 e. The molecule has 3 atom stereocenters. The molecule has 0 aromatic rings. The van der Waals surface area contributed by atoms with E-state index in [4.69, 9.17) is 9.47 Å². The van der Waals surface area contributed by atoms with Crippen molar-refractivity contribution in [2.75, 3.05) is 19.6 Å². The SMILES string of the molecule is CC(C)(C)OC(=O)C(N1CCCC1O)C(C)(C)OC(=O)N1CCC(O)C1. The van der Waals surface area contributed by atoms with E-state index < -0.39 is 41.6 Å². The molecule has 2 aliphatic rings. The van der Waals surface area contributed by atoms with E-state index in [2.05, 4.69) is 0 Å². The molecule has 2 fully saturated rings. The van der Waals surface area contributed by atoms with Crippen LogP contribution in [-0.2, 0) is 14.3 Å². The lowest BCUT2D eigenvalue weighted by Crippen LogP contribution is -2.59. The molecule has 8 heteroatoms. The van der Waals surface area contributed by atoms with E-state index in [9.17, 15) is 19.8 Å². The third-order valence-corrected chi connectivity index (χ3v) is 4.65. The molecule has 0 aliphatic carbocycles. The Balaban J connectivity index is 2.18. The minimum atomic E-state index is -1.21. The topological polar surface area (TPSA) is 99.5 Å². The van der Waals surface area contributed by atoms with Gasteiger partial charge in [0.25, 0.3) is 0 Å². The molecule has 2 aliphatic heterocycles. The summed E-state index contributed by atoms with van der Waals surface area (Å²) in [6, 6.07) is -0.921. The Hall–Kier alpha value is -1.38. The molecule has 3 unspecified atom stereocenters. The second-order valence-electron chi connectivity index (χ2n) is 8.66. The standard InChI is InChI=1S/C18H32N2O6/c1-17(2,3)25-15(23)14(20-9-6-7-13(20)22)18(4,5)26-16(24)19-10-8-12(21)11-19/h12-14,21-22H,6-11H2,1-5H3. The summed E-state index contributed by atoms with van der Waals surface area (Å²) in [6.07, 6.45) is -0.0825. The zero-order valence-corrected chi connectivity index (χ0v) is 16.4. The fourth-order valence-electron chi connectivity index (χ4n) is 3.50. The number of β-amino-alcohol motifs (C(OH)–C–C–N with tert-alkyl or cyclic N) is 1. The number of carbonyl (C=O) groups excluding carboxylic acids is 2. The van der Waals surface area contributed by atoms with Crippen LogP contribution in [0.3, 0.4) is 0 Å². The Labute approximate surface area is 155 Å². The summed E-state index contributed by atoms with van der Waals surface area (Å²) in [4.78, 5) is 28.4. The van der Waals surface area contributed by atoms with Gasteiger partial charge in [0.15, 0.2) is 6.04 Å². The van der Waals surface area contributed by atoms with Crippen LogP contribution in [0.25, 0.3) is 0 Å². The molecule has 2 N–H and O–H groups in total. The van der Waals surface area contributed by atoms with Gasteiger partial charge in [-0.1, -0.05) is 0 Å². The average Bonchev–Trinajstić information content (AvgIpc) is 3.06. The van der Waals surface area contributed by atoms with Crippen molar-refractivity contribution >= 4 is 12.1 Å². The largest absolute Gasteiger partial charge is 0.459 e. The lowest BCUT2D eigenvalue weighted by molar-refractivity contribution is -0.177. The highest BCUT2D eigenvalue weighted by Gasteiger charge is 2.48. The van der Waals surface area contributed by atoms with Gasteiger partial charge in [0, 0.05) is 19.6 Å². The van der Waals surface area contributed by atoms with Gasteiger partial charge in [0.05, 0.1) is 6.10 Å². The molecule has 0 bridgehead atoms. The van der Waals surface area contributed by atoms with Crippen molar-refractivity contribution in [2.45, 2.75) is 83.5 Å². The van der Waals surface area contributed by atoms with Crippen LogP contribution in [0.1, 0.15) is 53.9 Å². The van der Waals surface area contributed by atoms with Crippen molar-refractivity contribution in [2.24, 2.45) is 0 Å². The fourth-order valence-corrected chi connectivity index (χ4v) is 3.50. The fraction of sp³-hybridized carbons (Fsp3) is 0.889. The van der Waals surface area contributed by atoms with Crippen LogP contribution >= 0.6 is 0 Å². The van der Waals surface area contributed by atoms with Gasteiger partial charge < -0.3 is 24.6 Å². The van der Waals surface area contributed by atoms with Crippen LogP contribution in [-0.4, -0.2) is 81.3 Å². The number of carbonyl (C=O) groups is 2. The highest BCUT2D eigenvalue weighted by atomic mass is 16.6. The molecular weight excluding hydrogens is 340 g/mol. The van der Waals surface area contributed by atoms with Crippen LogP contribution in [0.5, 0.6) is 0 Å². The minimum Gasteiger partial charge on any atom is -0.459 e. The molecule has 2 rings (SSSR count). The predicted octanol–water partition coefficient (Wildman–Crippen LogP) is 1.09. The van der Waals surface area contributed by atoms with Gasteiger partial charge in [-0.05, 0) is 53.9 Å². The Morgan fingerprint density at radius 3 is 2.15 bits per heavy atom. The number of nitrogens with zero attached hydrogens (tertiary/aromatic N) is 2. The summed E-state index contributed by atoms with van der Waals surface area (Å²) in [5, 5.41) is 19.9. The van der Waals surface area contributed by atoms with Crippen molar-refractivity contribution in [1.29, 1.82) is 0 Å². The zero-order valence-electron chi connectivity index (χ0n) is 16.4. The van der Waals surface area contributed by atoms with Gasteiger partial charge >= 0.3 is 12.1 Å². The Morgan fingerprint density at radius 2 is 1.69 bits per heavy atom. The van der Waals surface area contributed by atoms with E-state index in [-0.39, 0.29) is 6.54 Å². The Morgan fingerprint density at radius 1 is 1.04 bits per heavy atom. The van der Waals surface area contributed by atoms with Gasteiger partial charge in [-0.2, -0.15) is 0 Å². The van der Waals surface area contributed by atoms with E-state index >= 15 is 0 Å². The highest BCUT2D eigenvalue weighted by molar-refractivity contribution is 5.79. The molecule has 0 saturated carbocycles. The minimum absolute atomic E-state index is 0.221. The van der Waals surface area contributed by atoms with Crippen molar-refractivity contribution < 1.29 is 29.3 Å². The summed E-state index contributed by atoms with van der Waals surface area (Å²) >= 11 is 0. The number of aliphatic hydroxyl groups excluding tert-OH is 2. The molecule has 2 heterocycles. The zero-order chi connectivity index (χ0) is 19.7. The predicted molar refractivity (Wildman–Crippen MR) is 94.3 cm³/mol. The summed E-state index contributed by atoms with van der Waals surface area (Å²) in [5.74, 6) is -0.530. The molecule has 0 radical (unpaired) electrons. The van der Waals surface area contributed by atoms with E-state index in [1.165, 1.54) is 4.90 Å². The quantitative estimate of drug-likeness (QED) is 0.713. The number of ether oxygens (including phenoxy) is 2. The molecule has 0 spiro atoms. The third-order valence-electron chi connectivity index (χ3n) is 4.65. The number of hydrogen-bond donors (Lipinski definition) is 2. The first-order valence-electron chi connectivity index (χ1n) is 9.23. The third kappa shape index (κ3) is 5.08. The first-order chi connectivity index (χ1) is 11.9. The number of esters is 1. The molecule has 0 aromatic heterocycles. The first-order valence-corrected chi connectivity index (χ1v) is 9.23. The van der Waals surface area contributed by atoms with Gasteiger partial charge in [0.1, 0.15) is 17.4 Å². The highest BCUT2D eigenvalue weighted by Crippen LogP contribution is 2.30. The lowest BCUT2D eigenvalue weighted by Gasteiger charge is -2.40. The average molecular weight is 372 g/mol. The Bertz CT molecular complexity index is 530. The van der Waals surface area contributed by atoms with E-state index in [0.717, 1.165) is 6.42 Å². The van der Waals surface area contributed by atoms with Crippen LogP contribution in [0.2, 0.25) is 0 Å². The second-order valence-corrected chi connectivity index (χ2v) is 8.66. The van der Waals surface area contributed by atoms with Crippen molar-refractivity contribution in [3.8, 4) is 0 Å². The van der Waals surface area contributed by atoms with Crippen molar-refractivity contribution in [1.82, 2.24) is 9.80 Å². The molecule has 150 valence electrons. The van der Waals surface area contributed by atoms with Gasteiger partial charge in [-0.3, -0.25) is 9.69 Å². The molecule has 8 nitrogen and oxygen atoms in total. The van der Waals surface area contributed by atoms with Crippen LogP contribution in [0, 0.1) is 0 Å². The summed E-state index contributed by atoms with van der Waals surface area (Å²) < 4.78 is 11.2. The maximum atomic E-state index is 12.9. The molecular formula is C18H32N2O6. The van der Waals surface area contributed by atoms with Gasteiger partial charge in [-0.15, -0.1) is 0 Å². The smallest absolute Gasteiger partial charge is 0.410 e. The lowest BCUT2D eigenvalue weighted by atomic mass is 9.96. The van der Waals surface area contributed by atoms with Crippen molar-refractivity contribution in [3.63, 3.8) is 0 Å². The number of likely N-dealkylation sites (tertiary alicyclic amines) is 2. The van der Waals surface area contributed by atoms with E-state index in [0.29, 0.717) is 25.9 Å². The second kappa shape index (κ2) is 7.70. The maximum absolute atomic E-state index is 12.9. The van der Waals surface area contributed by atoms with Gasteiger partial charge in [0.2, 0.25) is 0 Å². The first kappa shape index (κ1) is 20.9. The normalized spacial score (nSPS) is 26.0. The van der Waals surface area contributed by atoms with Crippen LogP contribution < -0.4 is 0 Å². The van der Waals surface area contributed by atoms with Gasteiger partial charge in [-0.25, -0.2) is 4.79 Å². The monoisotopic (exact) mass is 372 g/mol. The van der Waals surface area contributed by atoms with Crippen LogP contribution in [0.4, 0.5) is 4.79 Å². The number of rotatable bonds is 4. The van der Waals surface area contributed by atoms with Crippen LogP contribution in [0.15, 0.2) is 0 Å². The van der Waals surface area contributed by atoms with Crippen molar-refractivity contribution in [3.05, 3.63) is 0 Å². The van der Waals surface area contributed by atoms with E-state index in [1.807, 2.05) is 0 Å². The number of aliphatic hydroxyl groups is 2. The molecule has 2 saturated heterocycles. The molecule has 0 aromatic carbocycles. The molecule has 1 amide bonds. The summed E-state index contributed by atoms with van der Waals surface area (Å²) in [6.45, 7) is 9.77. The van der Waals surface area contributed by atoms with E-state index in [1.54, 1.807) is 39.5 Å². The Kier molecular flexibility index (Phi) is 6.20. The number of hydrogen-bond acceptors (Lipinski definition) is 7. The molecule has 26 heavy (non-hydrogen) atoms.